The molecule has 2 bridgehead atoms. The highest BCUT2D eigenvalue weighted by Gasteiger charge is 2.35. The van der Waals surface area contributed by atoms with Crippen molar-refractivity contribution in [2.45, 2.75) is 18.9 Å². The van der Waals surface area contributed by atoms with Crippen molar-refractivity contribution in [1.82, 2.24) is 15.2 Å². The summed E-state index contributed by atoms with van der Waals surface area (Å²) in [4.78, 5) is 20.1. The van der Waals surface area contributed by atoms with Gasteiger partial charge in [0.2, 0.25) is 5.89 Å². The smallest absolute Gasteiger partial charge is 0.253 e. The number of rotatable bonds is 4. The second-order valence-corrected chi connectivity index (χ2v) is 8.17. The molecular weight excluding hydrogens is 390 g/mol. The summed E-state index contributed by atoms with van der Waals surface area (Å²) in [5, 5.41) is 3.80. The minimum Gasteiger partial charge on any atom is -0.496 e. The zero-order valence-corrected chi connectivity index (χ0v) is 16.9. The molecule has 3 aromatic rings. The van der Waals surface area contributed by atoms with Crippen LogP contribution in [0.25, 0.3) is 22.6 Å². The molecule has 3 aliphatic rings. The van der Waals surface area contributed by atoms with Gasteiger partial charge in [-0.1, -0.05) is 17.7 Å². The molecule has 3 aliphatic heterocycles. The average Bonchev–Trinajstić information content (AvgIpc) is 3.18. The number of hydrogen-bond donors (Lipinski definition) is 1. The van der Waals surface area contributed by atoms with Crippen LogP contribution in [0.15, 0.2) is 40.8 Å². The number of aromatic nitrogens is 1. The number of ether oxygens (including phenoxy) is 1. The van der Waals surface area contributed by atoms with Crippen LogP contribution in [-0.2, 0) is 0 Å². The number of nitrogens with zero attached hydrogens (tertiary/aromatic N) is 2. The van der Waals surface area contributed by atoms with Gasteiger partial charge in [0.25, 0.3) is 5.91 Å². The fourth-order valence-electron chi connectivity index (χ4n) is 4.46. The first-order valence-corrected chi connectivity index (χ1v) is 10.3. The summed E-state index contributed by atoms with van der Waals surface area (Å²) in [6.07, 6.45) is 2.30. The Labute approximate surface area is 173 Å². The number of fused-ring (bicyclic) bond motifs is 4. The lowest BCUT2D eigenvalue weighted by Crippen LogP contribution is -2.57. The Bertz CT molecular complexity index is 1070. The van der Waals surface area contributed by atoms with E-state index in [-0.39, 0.29) is 11.9 Å². The normalized spacial score (nSPS) is 23.3. The van der Waals surface area contributed by atoms with Crippen LogP contribution in [0.5, 0.6) is 5.75 Å². The molecule has 7 heteroatoms. The summed E-state index contributed by atoms with van der Waals surface area (Å²) in [7, 11) is 1.57. The van der Waals surface area contributed by atoms with Crippen LogP contribution in [0, 0.1) is 5.92 Å². The van der Waals surface area contributed by atoms with Gasteiger partial charge < -0.3 is 19.4 Å². The molecule has 6 nitrogen and oxygen atoms in total. The summed E-state index contributed by atoms with van der Waals surface area (Å²) in [6, 6.07) is 10.9. The number of halogens is 1. The number of benzene rings is 2. The van der Waals surface area contributed by atoms with Crippen LogP contribution >= 0.6 is 11.6 Å². The molecule has 1 atom stereocenters. The van der Waals surface area contributed by atoms with Crippen molar-refractivity contribution in [3.8, 4) is 17.2 Å². The van der Waals surface area contributed by atoms with Gasteiger partial charge in [0.05, 0.1) is 18.2 Å². The number of hydrogen-bond acceptors (Lipinski definition) is 5. The molecule has 2 aromatic carbocycles. The summed E-state index contributed by atoms with van der Waals surface area (Å²) < 4.78 is 11.4. The number of nitrogens with one attached hydrogen (secondary N) is 1. The summed E-state index contributed by atoms with van der Waals surface area (Å²) in [5.74, 6) is 1.44. The first-order chi connectivity index (χ1) is 14.1. The highest BCUT2D eigenvalue weighted by molar-refractivity contribution is 6.30. The molecule has 1 N–H and O–H groups in total. The molecule has 3 fully saturated rings. The Morgan fingerprint density at radius 3 is 2.83 bits per heavy atom. The van der Waals surface area contributed by atoms with Crippen molar-refractivity contribution in [2.75, 3.05) is 26.7 Å². The highest BCUT2D eigenvalue weighted by atomic mass is 35.5. The van der Waals surface area contributed by atoms with Crippen molar-refractivity contribution in [1.29, 1.82) is 0 Å². The topological polar surface area (TPSA) is 67.6 Å². The second kappa shape index (κ2) is 7.35. The Balaban J connectivity index is 1.47. The predicted molar refractivity (Wildman–Crippen MR) is 111 cm³/mol. The van der Waals surface area contributed by atoms with E-state index < -0.39 is 0 Å². The van der Waals surface area contributed by atoms with Gasteiger partial charge in [0, 0.05) is 17.6 Å². The number of para-hydroxylation sites is 1. The minimum atomic E-state index is -0.0997. The molecular formula is C22H22ClN3O3. The van der Waals surface area contributed by atoms with E-state index >= 15 is 0 Å². The Hall–Kier alpha value is -2.57. The third kappa shape index (κ3) is 3.36. The third-order valence-corrected chi connectivity index (χ3v) is 6.27. The number of amides is 1. The van der Waals surface area contributed by atoms with Crippen LogP contribution in [0.1, 0.15) is 23.2 Å². The maximum absolute atomic E-state index is 13.1. The summed E-state index contributed by atoms with van der Waals surface area (Å²) >= 11 is 6.06. The van der Waals surface area contributed by atoms with Crippen molar-refractivity contribution in [2.24, 2.45) is 5.92 Å². The maximum atomic E-state index is 13.1. The Morgan fingerprint density at radius 1 is 1.28 bits per heavy atom. The fourth-order valence-corrected chi connectivity index (χ4v) is 4.63. The van der Waals surface area contributed by atoms with Crippen LogP contribution in [0.2, 0.25) is 5.02 Å². The Kier molecular flexibility index (Phi) is 4.68. The van der Waals surface area contributed by atoms with Crippen LogP contribution in [0.4, 0.5) is 0 Å². The first-order valence-electron chi connectivity index (χ1n) is 9.89. The monoisotopic (exact) mass is 411 g/mol. The quantitative estimate of drug-likeness (QED) is 0.703. The van der Waals surface area contributed by atoms with Crippen molar-refractivity contribution in [3.05, 3.63) is 47.0 Å². The van der Waals surface area contributed by atoms with Crippen molar-refractivity contribution >= 4 is 28.6 Å². The van der Waals surface area contributed by atoms with E-state index in [0.717, 1.165) is 32.5 Å². The maximum Gasteiger partial charge on any atom is 0.253 e. The number of carbonyl (C=O) groups excluding carboxylic acids is 1. The van der Waals surface area contributed by atoms with Gasteiger partial charge in [-0.05, 0) is 62.2 Å². The van der Waals surface area contributed by atoms with Crippen molar-refractivity contribution in [3.63, 3.8) is 0 Å². The van der Waals surface area contributed by atoms with Gasteiger partial charge >= 0.3 is 0 Å². The Morgan fingerprint density at radius 2 is 2.10 bits per heavy atom. The molecule has 29 heavy (non-hydrogen) atoms. The average molecular weight is 412 g/mol. The number of methoxy groups -OCH3 is 1. The van der Waals surface area contributed by atoms with Gasteiger partial charge in [-0.3, -0.25) is 4.79 Å². The molecule has 4 heterocycles. The molecule has 1 amide bonds. The summed E-state index contributed by atoms with van der Waals surface area (Å²) in [6.45, 7) is 3.21. The van der Waals surface area contributed by atoms with E-state index in [1.165, 1.54) is 0 Å². The molecule has 0 unspecified atom stereocenters. The lowest BCUT2D eigenvalue weighted by Gasteiger charge is -2.44. The third-order valence-electron chi connectivity index (χ3n) is 6.03. The molecule has 6 rings (SSSR count). The standard InChI is InChI=1S/C22H22ClN3O3/c1-28-19-11-14(23)5-6-15(19)22-25-20-16(3-2-4-18(20)29-22)21(27)24-17-12-26-9-7-13(17)8-10-26/h2-6,11,13,17H,7-10,12H2,1H3,(H,24,27)/t17-/m1/s1. The van der Waals surface area contributed by atoms with Crippen LogP contribution in [-0.4, -0.2) is 48.6 Å². The lowest BCUT2D eigenvalue weighted by molar-refractivity contribution is 0.0621. The molecule has 150 valence electrons. The SMILES string of the molecule is COc1cc(Cl)ccc1-c1nc2c(C(=O)N[C@@H]3CN4CCC3CC4)cccc2o1. The zero-order chi connectivity index (χ0) is 20.0. The molecule has 0 aliphatic carbocycles. The number of piperidine rings is 3. The van der Waals surface area contributed by atoms with E-state index in [1.807, 2.05) is 12.1 Å². The van der Waals surface area contributed by atoms with E-state index in [4.69, 9.17) is 20.8 Å². The first kappa shape index (κ1) is 18.5. The molecule has 1 aromatic heterocycles. The minimum absolute atomic E-state index is 0.0997. The van der Waals surface area contributed by atoms with Crippen LogP contribution in [0.3, 0.4) is 0 Å². The lowest BCUT2D eigenvalue weighted by atomic mass is 9.84. The molecule has 0 saturated carbocycles. The second-order valence-electron chi connectivity index (χ2n) is 7.73. The molecule has 0 spiro atoms. The van der Waals surface area contributed by atoms with E-state index in [2.05, 4.69) is 15.2 Å². The van der Waals surface area contributed by atoms with E-state index in [1.54, 1.807) is 31.4 Å². The van der Waals surface area contributed by atoms with Gasteiger partial charge in [-0.15, -0.1) is 0 Å². The number of oxazole rings is 1. The fraction of sp³-hybridized carbons (Fsp3) is 0.364. The predicted octanol–water partition coefficient (Wildman–Crippen LogP) is 3.98. The van der Waals surface area contributed by atoms with Gasteiger partial charge in [-0.2, -0.15) is 0 Å². The van der Waals surface area contributed by atoms with Gasteiger partial charge in [-0.25, -0.2) is 4.98 Å². The van der Waals surface area contributed by atoms with E-state index in [9.17, 15) is 4.79 Å². The van der Waals surface area contributed by atoms with Crippen LogP contribution < -0.4 is 10.1 Å². The number of carbonyl (C=O) groups is 1. The largest absolute Gasteiger partial charge is 0.496 e. The van der Waals surface area contributed by atoms with Crippen molar-refractivity contribution < 1.29 is 13.9 Å². The molecule has 3 saturated heterocycles. The molecule has 0 radical (unpaired) electrons. The highest BCUT2D eigenvalue weighted by Crippen LogP contribution is 2.34. The zero-order valence-electron chi connectivity index (χ0n) is 16.2. The van der Waals surface area contributed by atoms with E-state index in [0.29, 0.717) is 44.8 Å². The van der Waals surface area contributed by atoms with Gasteiger partial charge in [0.1, 0.15) is 11.3 Å². The van der Waals surface area contributed by atoms with Gasteiger partial charge in [0.15, 0.2) is 5.58 Å². The summed E-state index contributed by atoms with van der Waals surface area (Å²) in [5.41, 5.74) is 2.34.